The van der Waals surface area contributed by atoms with Gasteiger partial charge in [-0.25, -0.2) is 0 Å². The van der Waals surface area contributed by atoms with Gasteiger partial charge in [0.15, 0.2) is 0 Å². The zero-order chi connectivity index (χ0) is 36.3. The molecule has 0 atom stereocenters. The van der Waals surface area contributed by atoms with Crippen LogP contribution in [0.25, 0.3) is 93.6 Å². The fraction of sp³-hybridized carbons (Fsp3) is 0.0189. The van der Waals surface area contributed by atoms with Gasteiger partial charge < -0.3 is 8.98 Å². The smallest absolute Gasteiger partial charge is 0.139 e. The Hall–Kier alpha value is -7.16. The predicted molar refractivity (Wildman–Crippen MR) is 231 cm³/mol. The molecule has 0 amide bonds. The molecule has 11 aromatic rings. The van der Waals surface area contributed by atoms with Crippen molar-refractivity contribution in [2.75, 3.05) is 0 Å². The Balaban J connectivity index is 0.850. The minimum atomic E-state index is 0.806. The normalized spacial score (nSPS) is 11.7. The second kappa shape index (κ2) is 12.8. The van der Waals surface area contributed by atoms with Crippen LogP contribution in [0.5, 0.6) is 0 Å². The molecule has 2 nitrogen and oxygen atoms in total. The molecule has 9 aromatic carbocycles. The van der Waals surface area contributed by atoms with E-state index in [1.165, 1.54) is 93.5 Å². The summed E-state index contributed by atoms with van der Waals surface area (Å²) in [6.07, 6.45) is 0.806. The molecule has 0 aliphatic carbocycles. The average Bonchev–Trinajstić information content (AvgIpc) is 3.81. The predicted octanol–water partition coefficient (Wildman–Crippen LogP) is 14.4. The SMILES string of the molecule is c1ccc(-n2c3ccccc3c3ccc(-c4ccc(-c5ccc(-c6ccc(Cc7cc8ccccc8c8c7oc7ccccc78)cc6)cc5)cc4)cc32)cc1. The van der Waals surface area contributed by atoms with Gasteiger partial charge in [0.25, 0.3) is 0 Å². The molecule has 0 unspecified atom stereocenters. The van der Waals surface area contributed by atoms with Crippen LogP contribution in [0.3, 0.4) is 0 Å². The second-order valence-corrected chi connectivity index (χ2v) is 14.5. The lowest BCUT2D eigenvalue weighted by Gasteiger charge is -2.10. The van der Waals surface area contributed by atoms with Gasteiger partial charge in [-0.1, -0.05) is 164 Å². The van der Waals surface area contributed by atoms with Crippen molar-refractivity contribution in [3.63, 3.8) is 0 Å². The first-order valence-electron chi connectivity index (χ1n) is 19.0. The van der Waals surface area contributed by atoms with Crippen LogP contribution in [0.15, 0.2) is 205 Å². The minimum Gasteiger partial charge on any atom is -0.456 e. The number of hydrogen-bond acceptors (Lipinski definition) is 1. The molecule has 0 saturated heterocycles. The standard InChI is InChI=1S/C53H35NO/c1-2-11-44(12-3-1)54-49-16-8-6-14-46(49)47-31-30-41(34-50(47)54)40-28-26-39(27-29-40)38-24-22-37(23-25-38)36-20-18-35(19-21-36)32-43-33-42-10-4-5-13-45(42)52-48-15-7-9-17-51(48)55-53(43)52/h1-31,33-34H,32H2. The number of aromatic nitrogens is 1. The van der Waals surface area contributed by atoms with E-state index in [1.54, 1.807) is 0 Å². The first kappa shape index (κ1) is 31.4. The third-order valence-corrected chi connectivity index (χ3v) is 11.3. The van der Waals surface area contributed by atoms with Crippen molar-refractivity contribution in [1.29, 1.82) is 0 Å². The Morgan fingerprint density at radius 1 is 0.382 bits per heavy atom. The lowest BCUT2D eigenvalue weighted by atomic mass is 9.95. The number of benzene rings is 9. The van der Waals surface area contributed by atoms with Crippen molar-refractivity contribution in [3.8, 4) is 39.1 Å². The highest BCUT2D eigenvalue weighted by atomic mass is 16.3. The average molecular weight is 702 g/mol. The van der Waals surface area contributed by atoms with Gasteiger partial charge in [-0.2, -0.15) is 0 Å². The zero-order valence-electron chi connectivity index (χ0n) is 30.1. The molecule has 0 radical (unpaired) electrons. The molecule has 2 aromatic heterocycles. The molecule has 55 heavy (non-hydrogen) atoms. The van der Waals surface area contributed by atoms with Gasteiger partial charge in [0.05, 0.1) is 11.0 Å². The maximum absolute atomic E-state index is 6.48. The molecule has 0 saturated carbocycles. The Kier molecular flexibility index (Phi) is 7.28. The van der Waals surface area contributed by atoms with Gasteiger partial charge in [-0.05, 0) is 86.1 Å². The highest BCUT2D eigenvalue weighted by Crippen LogP contribution is 2.39. The van der Waals surface area contributed by atoms with Crippen molar-refractivity contribution in [3.05, 3.63) is 211 Å². The number of fused-ring (bicyclic) bond motifs is 8. The van der Waals surface area contributed by atoms with Gasteiger partial charge in [0.1, 0.15) is 11.2 Å². The maximum Gasteiger partial charge on any atom is 0.139 e. The van der Waals surface area contributed by atoms with Gasteiger partial charge in [0, 0.05) is 39.2 Å². The van der Waals surface area contributed by atoms with E-state index in [4.69, 9.17) is 4.42 Å². The topological polar surface area (TPSA) is 18.1 Å². The third-order valence-electron chi connectivity index (χ3n) is 11.3. The van der Waals surface area contributed by atoms with Crippen LogP contribution in [0.2, 0.25) is 0 Å². The molecule has 2 heteroatoms. The van der Waals surface area contributed by atoms with Crippen LogP contribution in [-0.2, 0) is 6.42 Å². The Morgan fingerprint density at radius 2 is 0.909 bits per heavy atom. The summed E-state index contributed by atoms with van der Waals surface area (Å²) in [4.78, 5) is 0. The summed E-state index contributed by atoms with van der Waals surface area (Å²) >= 11 is 0. The number of furan rings is 1. The lowest BCUT2D eigenvalue weighted by Crippen LogP contribution is -1.93. The van der Waals surface area contributed by atoms with E-state index in [1.807, 2.05) is 6.07 Å². The summed E-state index contributed by atoms with van der Waals surface area (Å²) in [7, 11) is 0. The summed E-state index contributed by atoms with van der Waals surface area (Å²) in [5, 5.41) is 7.40. The second-order valence-electron chi connectivity index (χ2n) is 14.5. The summed E-state index contributed by atoms with van der Waals surface area (Å²) in [5.41, 5.74) is 15.3. The van der Waals surface area contributed by atoms with E-state index in [2.05, 4.69) is 199 Å². The summed E-state index contributed by atoms with van der Waals surface area (Å²) in [6, 6.07) is 72.4. The van der Waals surface area contributed by atoms with Crippen LogP contribution in [0.1, 0.15) is 11.1 Å². The molecule has 11 rings (SSSR count). The fourth-order valence-corrected chi connectivity index (χ4v) is 8.52. The first-order chi connectivity index (χ1) is 27.2. The van der Waals surface area contributed by atoms with E-state index in [-0.39, 0.29) is 0 Å². The summed E-state index contributed by atoms with van der Waals surface area (Å²) < 4.78 is 8.85. The zero-order valence-corrected chi connectivity index (χ0v) is 30.1. The quantitative estimate of drug-likeness (QED) is 0.169. The Morgan fingerprint density at radius 3 is 1.62 bits per heavy atom. The molecule has 0 aliphatic heterocycles. The molecule has 0 spiro atoms. The van der Waals surface area contributed by atoms with Crippen LogP contribution in [-0.4, -0.2) is 4.57 Å². The summed E-state index contributed by atoms with van der Waals surface area (Å²) in [5.74, 6) is 0. The van der Waals surface area contributed by atoms with E-state index in [9.17, 15) is 0 Å². The van der Waals surface area contributed by atoms with Crippen LogP contribution >= 0.6 is 0 Å². The molecule has 2 heterocycles. The van der Waals surface area contributed by atoms with E-state index >= 15 is 0 Å². The first-order valence-corrected chi connectivity index (χ1v) is 19.0. The van der Waals surface area contributed by atoms with E-state index in [0.29, 0.717) is 0 Å². The molecule has 0 bridgehead atoms. The van der Waals surface area contributed by atoms with Crippen molar-refractivity contribution < 1.29 is 4.42 Å². The van der Waals surface area contributed by atoms with Gasteiger partial charge in [-0.3, -0.25) is 0 Å². The fourth-order valence-electron chi connectivity index (χ4n) is 8.52. The van der Waals surface area contributed by atoms with Gasteiger partial charge >= 0.3 is 0 Å². The van der Waals surface area contributed by atoms with Crippen LogP contribution in [0, 0.1) is 0 Å². The van der Waals surface area contributed by atoms with Crippen LogP contribution < -0.4 is 0 Å². The number of nitrogens with zero attached hydrogens (tertiary/aromatic N) is 1. The molecular weight excluding hydrogens is 667 g/mol. The molecule has 258 valence electrons. The number of rotatable bonds is 6. The Bertz CT molecular complexity index is 3180. The molecule has 0 aliphatic rings. The molecular formula is C53H35NO. The molecule has 0 N–H and O–H groups in total. The number of hydrogen-bond donors (Lipinski definition) is 0. The van der Waals surface area contributed by atoms with Crippen molar-refractivity contribution >= 4 is 54.5 Å². The monoisotopic (exact) mass is 701 g/mol. The highest BCUT2D eigenvalue weighted by Gasteiger charge is 2.16. The third kappa shape index (κ3) is 5.34. The van der Waals surface area contributed by atoms with E-state index < -0.39 is 0 Å². The number of para-hydroxylation sites is 3. The van der Waals surface area contributed by atoms with Crippen molar-refractivity contribution in [1.82, 2.24) is 4.57 Å². The lowest BCUT2D eigenvalue weighted by molar-refractivity contribution is 0.664. The highest BCUT2D eigenvalue weighted by molar-refractivity contribution is 6.19. The minimum absolute atomic E-state index is 0.806. The molecule has 0 fully saturated rings. The maximum atomic E-state index is 6.48. The van der Waals surface area contributed by atoms with Gasteiger partial charge in [0.2, 0.25) is 0 Å². The van der Waals surface area contributed by atoms with Crippen molar-refractivity contribution in [2.24, 2.45) is 0 Å². The van der Waals surface area contributed by atoms with Crippen molar-refractivity contribution in [2.45, 2.75) is 6.42 Å². The Labute approximate surface area is 319 Å². The largest absolute Gasteiger partial charge is 0.456 e. The van der Waals surface area contributed by atoms with Crippen LogP contribution in [0.4, 0.5) is 0 Å². The van der Waals surface area contributed by atoms with E-state index in [0.717, 1.165) is 17.6 Å². The summed E-state index contributed by atoms with van der Waals surface area (Å²) in [6.45, 7) is 0. The van der Waals surface area contributed by atoms with Gasteiger partial charge in [-0.15, -0.1) is 0 Å².